The van der Waals surface area contributed by atoms with Gasteiger partial charge in [0.05, 0.1) is 5.52 Å². The molecule has 1 fully saturated rings. The van der Waals surface area contributed by atoms with E-state index in [4.69, 9.17) is 16.3 Å². The number of carbonyl (C=O) groups excluding carboxylic acids is 1. The van der Waals surface area contributed by atoms with E-state index in [1.807, 2.05) is 31.3 Å². The summed E-state index contributed by atoms with van der Waals surface area (Å²) in [7, 11) is 0. The molecule has 1 saturated heterocycles. The van der Waals surface area contributed by atoms with E-state index in [0.717, 1.165) is 42.7 Å². The predicted molar refractivity (Wildman–Crippen MR) is 130 cm³/mol. The predicted octanol–water partition coefficient (Wildman–Crippen LogP) is 5.60. The van der Waals surface area contributed by atoms with Crippen molar-refractivity contribution in [1.29, 1.82) is 0 Å². The highest BCUT2D eigenvalue weighted by molar-refractivity contribution is 6.30. The van der Waals surface area contributed by atoms with Crippen molar-refractivity contribution in [1.82, 2.24) is 15.2 Å². The SMILES string of the molecule is C/C=C(/NC1CCN(C(C)c2ccc3ncccc3c2)CC1)c1cc(Cl)ccc1OC=O. The van der Waals surface area contributed by atoms with Crippen molar-refractivity contribution in [3.63, 3.8) is 0 Å². The van der Waals surface area contributed by atoms with Gasteiger partial charge in [-0.15, -0.1) is 0 Å². The number of allylic oxidation sites excluding steroid dienone is 1. The Bertz CT molecular complexity index is 1120. The Morgan fingerprint density at radius 1 is 1.22 bits per heavy atom. The Labute approximate surface area is 194 Å². The molecule has 1 unspecified atom stereocenters. The highest BCUT2D eigenvalue weighted by Crippen LogP contribution is 2.30. The fraction of sp³-hybridized carbons (Fsp3) is 0.308. The van der Waals surface area contributed by atoms with E-state index in [1.54, 1.807) is 12.1 Å². The number of rotatable bonds is 7. The summed E-state index contributed by atoms with van der Waals surface area (Å²) in [5, 5.41) is 5.43. The first-order chi connectivity index (χ1) is 15.6. The van der Waals surface area contributed by atoms with Crippen LogP contribution in [0.4, 0.5) is 0 Å². The number of pyridine rings is 1. The first kappa shape index (κ1) is 22.3. The molecular formula is C26H28ClN3O2. The Morgan fingerprint density at radius 3 is 2.78 bits per heavy atom. The fourth-order valence-electron chi connectivity index (χ4n) is 4.40. The molecule has 5 nitrogen and oxygen atoms in total. The van der Waals surface area contributed by atoms with Crippen LogP contribution in [0.5, 0.6) is 5.75 Å². The van der Waals surface area contributed by atoms with Crippen molar-refractivity contribution < 1.29 is 9.53 Å². The molecule has 0 amide bonds. The van der Waals surface area contributed by atoms with Crippen LogP contribution in [0.15, 0.2) is 60.8 Å². The Kier molecular flexibility index (Phi) is 7.08. The number of nitrogens with zero attached hydrogens (tertiary/aromatic N) is 2. The van der Waals surface area contributed by atoms with Gasteiger partial charge in [-0.25, -0.2) is 0 Å². The zero-order valence-corrected chi connectivity index (χ0v) is 19.2. The molecular weight excluding hydrogens is 422 g/mol. The third-order valence-corrected chi connectivity index (χ3v) is 6.48. The quantitative estimate of drug-likeness (QED) is 0.476. The molecule has 3 aromatic rings. The summed E-state index contributed by atoms with van der Waals surface area (Å²) in [4.78, 5) is 17.9. The van der Waals surface area contributed by atoms with Crippen molar-refractivity contribution in [3.05, 3.63) is 77.0 Å². The van der Waals surface area contributed by atoms with Crippen LogP contribution in [-0.4, -0.2) is 35.5 Å². The van der Waals surface area contributed by atoms with Gasteiger partial charge < -0.3 is 10.1 Å². The average molecular weight is 450 g/mol. The van der Waals surface area contributed by atoms with Crippen LogP contribution in [0.25, 0.3) is 16.6 Å². The van der Waals surface area contributed by atoms with Gasteiger partial charge in [0, 0.05) is 53.0 Å². The lowest BCUT2D eigenvalue weighted by Crippen LogP contribution is -2.42. The molecule has 1 aliphatic heterocycles. The summed E-state index contributed by atoms with van der Waals surface area (Å²) < 4.78 is 5.16. The number of hydrogen-bond donors (Lipinski definition) is 1. The van der Waals surface area contributed by atoms with Crippen LogP contribution in [0, 0.1) is 0 Å². The molecule has 0 bridgehead atoms. The highest BCUT2D eigenvalue weighted by Gasteiger charge is 2.24. The Morgan fingerprint density at radius 2 is 2.03 bits per heavy atom. The first-order valence-corrected chi connectivity index (χ1v) is 11.4. The molecule has 0 radical (unpaired) electrons. The summed E-state index contributed by atoms with van der Waals surface area (Å²) in [6, 6.07) is 16.6. The van der Waals surface area contributed by atoms with Crippen LogP contribution in [0.3, 0.4) is 0 Å². The largest absolute Gasteiger partial charge is 0.428 e. The summed E-state index contributed by atoms with van der Waals surface area (Å²) >= 11 is 6.20. The number of aromatic nitrogens is 1. The van der Waals surface area contributed by atoms with Crippen LogP contribution in [-0.2, 0) is 4.79 Å². The van der Waals surface area contributed by atoms with E-state index < -0.39 is 0 Å². The van der Waals surface area contributed by atoms with Crippen LogP contribution in [0.1, 0.15) is 43.9 Å². The molecule has 1 aliphatic rings. The van der Waals surface area contributed by atoms with E-state index in [1.165, 1.54) is 10.9 Å². The minimum atomic E-state index is 0.341. The molecule has 1 N–H and O–H groups in total. The van der Waals surface area contributed by atoms with Gasteiger partial charge >= 0.3 is 0 Å². The standard InChI is InChI=1S/C26H28ClN3O2/c1-3-24(23-16-21(27)7-9-26(23)32-17-31)29-22-10-13-30(14-11-22)18(2)19-6-8-25-20(15-19)5-4-12-28-25/h3-9,12,15-18,22,29H,10-11,13-14H2,1-2H3/b24-3+. The van der Waals surface area contributed by atoms with Crippen LogP contribution in [0.2, 0.25) is 5.02 Å². The van der Waals surface area contributed by atoms with E-state index in [-0.39, 0.29) is 0 Å². The second kappa shape index (κ2) is 10.2. The van der Waals surface area contributed by atoms with Gasteiger partial charge in [0.1, 0.15) is 5.75 Å². The van der Waals surface area contributed by atoms with Crippen molar-refractivity contribution >= 4 is 34.7 Å². The molecule has 1 atom stereocenters. The number of likely N-dealkylation sites (tertiary alicyclic amines) is 1. The maximum atomic E-state index is 10.9. The number of halogens is 1. The van der Waals surface area contributed by atoms with E-state index in [2.05, 4.69) is 46.4 Å². The van der Waals surface area contributed by atoms with Gasteiger partial charge in [0.25, 0.3) is 6.47 Å². The van der Waals surface area contributed by atoms with E-state index in [9.17, 15) is 4.79 Å². The summed E-state index contributed by atoms with van der Waals surface area (Å²) in [6.07, 6.45) is 5.89. The lowest BCUT2D eigenvalue weighted by molar-refractivity contribution is -0.120. The summed E-state index contributed by atoms with van der Waals surface area (Å²) in [5.41, 5.74) is 4.08. The third-order valence-electron chi connectivity index (χ3n) is 6.24. The lowest BCUT2D eigenvalue weighted by Gasteiger charge is -2.37. The fourth-order valence-corrected chi connectivity index (χ4v) is 4.57. The van der Waals surface area contributed by atoms with Gasteiger partial charge in [0.2, 0.25) is 0 Å². The lowest BCUT2D eigenvalue weighted by atomic mass is 9.98. The van der Waals surface area contributed by atoms with Crippen molar-refractivity contribution in [3.8, 4) is 5.75 Å². The van der Waals surface area contributed by atoms with Crippen molar-refractivity contribution in [2.75, 3.05) is 13.1 Å². The summed E-state index contributed by atoms with van der Waals surface area (Å²) in [6.45, 7) is 6.71. The number of benzene rings is 2. The maximum absolute atomic E-state index is 10.9. The molecule has 2 heterocycles. The summed E-state index contributed by atoms with van der Waals surface area (Å²) in [5.74, 6) is 0.502. The molecule has 4 rings (SSSR count). The minimum absolute atomic E-state index is 0.341. The number of carbonyl (C=O) groups is 1. The number of piperidine rings is 1. The van der Waals surface area contributed by atoms with Crippen molar-refractivity contribution in [2.45, 2.75) is 38.8 Å². The molecule has 0 saturated carbocycles. The normalized spacial score (nSPS) is 16.7. The van der Waals surface area contributed by atoms with Gasteiger partial charge in [-0.05, 0) is 68.7 Å². The first-order valence-electron chi connectivity index (χ1n) is 11.0. The topological polar surface area (TPSA) is 54.5 Å². The minimum Gasteiger partial charge on any atom is -0.428 e. The number of hydrogen-bond acceptors (Lipinski definition) is 5. The zero-order valence-electron chi connectivity index (χ0n) is 18.4. The van der Waals surface area contributed by atoms with E-state index in [0.29, 0.717) is 29.3 Å². The maximum Gasteiger partial charge on any atom is 0.298 e. The Balaban J connectivity index is 1.41. The van der Waals surface area contributed by atoms with Gasteiger partial charge in [0.15, 0.2) is 0 Å². The average Bonchev–Trinajstić information content (AvgIpc) is 2.83. The number of fused-ring (bicyclic) bond motifs is 1. The highest BCUT2D eigenvalue weighted by atomic mass is 35.5. The molecule has 1 aromatic heterocycles. The number of ether oxygens (including phenoxy) is 1. The van der Waals surface area contributed by atoms with E-state index >= 15 is 0 Å². The Hall–Kier alpha value is -2.89. The number of nitrogens with one attached hydrogen (secondary N) is 1. The monoisotopic (exact) mass is 449 g/mol. The van der Waals surface area contributed by atoms with Crippen molar-refractivity contribution in [2.24, 2.45) is 0 Å². The van der Waals surface area contributed by atoms with Gasteiger partial charge in [-0.2, -0.15) is 0 Å². The molecule has 0 spiro atoms. The van der Waals surface area contributed by atoms with Crippen LogP contribution >= 0.6 is 11.6 Å². The van der Waals surface area contributed by atoms with Crippen LogP contribution < -0.4 is 10.1 Å². The molecule has 166 valence electrons. The zero-order chi connectivity index (χ0) is 22.5. The third kappa shape index (κ3) is 4.95. The smallest absolute Gasteiger partial charge is 0.298 e. The second-order valence-corrected chi connectivity index (χ2v) is 8.58. The molecule has 2 aromatic carbocycles. The van der Waals surface area contributed by atoms with Gasteiger partial charge in [-0.1, -0.05) is 29.8 Å². The molecule has 0 aliphatic carbocycles. The molecule has 6 heteroatoms. The second-order valence-electron chi connectivity index (χ2n) is 8.14. The molecule has 32 heavy (non-hydrogen) atoms. The van der Waals surface area contributed by atoms with Gasteiger partial charge in [-0.3, -0.25) is 14.7 Å².